The lowest BCUT2D eigenvalue weighted by atomic mass is 10.1. The number of aromatic nitrogens is 4. The van der Waals surface area contributed by atoms with E-state index in [1.54, 1.807) is 21.8 Å². The fourth-order valence-corrected chi connectivity index (χ4v) is 3.22. The van der Waals surface area contributed by atoms with Crippen molar-refractivity contribution in [1.29, 1.82) is 0 Å². The topological polar surface area (TPSA) is 106 Å². The summed E-state index contributed by atoms with van der Waals surface area (Å²) >= 11 is 0. The SMILES string of the molecule is CC(C)n1nccc1-c1nnc(NC(=O)C2CC(=O)N(c3ccccc3)C2)o1. The predicted molar refractivity (Wildman–Crippen MR) is 101 cm³/mol. The molecule has 0 saturated carbocycles. The van der Waals surface area contributed by atoms with Crippen molar-refractivity contribution in [2.24, 2.45) is 5.92 Å². The van der Waals surface area contributed by atoms with Crippen molar-refractivity contribution in [3.63, 3.8) is 0 Å². The average Bonchev–Trinajstić information content (AvgIpc) is 3.41. The molecule has 3 heterocycles. The van der Waals surface area contributed by atoms with Gasteiger partial charge in [0.15, 0.2) is 0 Å². The summed E-state index contributed by atoms with van der Waals surface area (Å²) in [4.78, 5) is 26.5. The minimum atomic E-state index is -0.482. The Bertz CT molecular complexity index is 994. The third kappa shape index (κ3) is 3.38. The Morgan fingerprint density at radius 1 is 1.21 bits per heavy atom. The van der Waals surface area contributed by atoms with Crippen molar-refractivity contribution >= 4 is 23.5 Å². The minimum Gasteiger partial charge on any atom is -0.401 e. The van der Waals surface area contributed by atoms with Crippen LogP contribution in [0.25, 0.3) is 11.6 Å². The number of carbonyl (C=O) groups is 2. The summed E-state index contributed by atoms with van der Waals surface area (Å²) in [7, 11) is 0. The van der Waals surface area contributed by atoms with E-state index in [0.717, 1.165) is 5.69 Å². The highest BCUT2D eigenvalue weighted by atomic mass is 16.4. The molecule has 1 fully saturated rings. The van der Waals surface area contributed by atoms with E-state index in [1.165, 1.54) is 0 Å². The quantitative estimate of drug-likeness (QED) is 0.729. The fraction of sp³-hybridized carbons (Fsp3) is 0.316. The van der Waals surface area contributed by atoms with Crippen molar-refractivity contribution in [2.45, 2.75) is 26.3 Å². The van der Waals surface area contributed by atoms with Crippen LogP contribution in [0.4, 0.5) is 11.7 Å². The first-order chi connectivity index (χ1) is 13.5. The number of nitrogens with one attached hydrogen (secondary N) is 1. The highest BCUT2D eigenvalue weighted by Crippen LogP contribution is 2.26. The van der Waals surface area contributed by atoms with E-state index in [9.17, 15) is 9.59 Å². The van der Waals surface area contributed by atoms with Gasteiger partial charge in [-0.15, -0.1) is 5.10 Å². The molecule has 4 rings (SSSR count). The number of para-hydroxylation sites is 1. The Morgan fingerprint density at radius 2 is 2.00 bits per heavy atom. The zero-order chi connectivity index (χ0) is 19.7. The second-order valence-electron chi connectivity index (χ2n) is 6.90. The molecule has 3 aromatic rings. The first-order valence-corrected chi connectivity index (χ1v) is 9.06. The van der Waals surface area contributed by atoms with E-state index < -0.39 is 5.92 Å². The molecule has 2 aromatic heterocycles. The number of rotatable bonds is 5. The molecule has 9 heteroatoms. The summed E-state index contributed by atoms with van der Waals surface area (Å²) in [5.41, 5.74) is 1.46. The van der Waals surface area contributed by atoms with Crippen LogP contribution < -0.4 is 10.2 Å². The highest BCUT2D eigenvalue weighted by Gasteiger charge is 2.35. The largest absolute Gasteiger partial charge is 0.401 e. The Balaban J connectivity index is 1.44. The van der Waals surface area contributed by atoms with Crippen molar-refractivity contribution in [3.8, 4) is 11.6 Å². The fourth-order valence-electron chi connectivity index (χ4n) is 3.22. The number of hydrogen-bond acceptors (Lipinski definition) is 6. The van der Waals surface area contributed by atoms with Gasteiger partial charge in [-0.2, -0.15) is 5.10 Å². The number of benzene rings is 1. The standard InChI is InChI=1S/C19H20N6O3/c1-12(2)25-15(8-9-20-25)18-22-23-19(28-18)21-17(27)13-10-16(26)24(11-13)14-6-4-3-5-7-14/h3-9,12-13H,10-11H2,1-2H3,(H,21,23,27). The van der Waals surface area contributed by atoms with Crippen LogP contribution in [0, 0.1) is 5.92 Å². The van der Waals surface area contributed by atoms with Gasteiger partial charge in [-0.1, -0.05) is 23.3 Å². The predicted octanol–water partition coefficient (Wildman–Crippen LogP) is 2.51. The smallest absolute Gasteiger partial charge is 0.322 e. The van der Waals surface area contributed by atoms with E-state index in [4.69, 9.17) is 4.42 Å². The Morgan fingerprint density at radius 3 is 2.75 bits per heavy atom. The maximum absolute atomic E-state index is 12.6. The normalized spacial score (nSPS) is 16.8. The lowest BCUT2D eigenvalue weighted by molar-refractivity contribution is -0.122. The maximum atomic E-state index is 12.6. The summed E-state index contributed by atoms with van der Waals surface area (Å²) < 4.78 is 7.33. The van der Waals surface area contributed by atoms with E-state index >= 15 is 0 Å². The summed E-state index contributed by atoms with van der Waals surface area (Å²) in [5, 5.41) is 14.7. The lowest BCUT2D eigenvalue weighted by Gasteiger charge is -2.16. The zero-order valence-corrected chi connectivity index (χ0v) is 15.6. The van der Waals surface area contributed by atoms with Gasteiger partial charge < -0.3 is 9.32 Å². The van der Waals surface area contributed by atoms with Crippen LogP contribution in [0.1, 0.15) is 26.3 Å². The number of amides is 2. The van der Waals surface area contributed by atoms with Crippen molar-refractivity contribution < 1.29 is 14.0 Å². The number of anilines is 2. The highest BCUT2D eigenvalue weighted by molar-refractivity contribution is 6.02. The summed E-state index contributed by atoms with van der Waals surface area (Å²) in [6.07, 6.45) is 1.79. The van der Waals surface area contributed by atoms with Gasteiger partial charge >= 0.3 is 6.01 Å². The van der Waals surface area contributed by atoms with Crippen LogP contribution in [0.15, 0.2) is 47.0 Å². The van der Waals surface area contributed by atoms with Crippen LogP contribution in [0.3, 0.4) is 0 Å². The molecule has 144 valence electrons. The van der Waals surface area contributed by atoms with Gasteiger partial charge in [0.05, 0.1) is 5.92 Å². The Kier molecular flexibility index (Phi) is 4.64. The molecular weight excluding hydrogens is 360 g/mol. The monoisotopic (exact) mass is 380 g/mol. The van der Waals surface area contributed by atoms with Crippen LogP contribution in [0.2, 0.25) is 0 Å². The first kappa shape index (κ1) is 17.9. The number of hydrogen-bond donors (Lipinski definition) is 1. The van der Waals surface area contributed by atoms with Gasteiger partial charge in [0.2, 0.25) is 11.8 Å². The molecular formula is C19H20N6O3. The van der Waals surface area contributed by atoms with Crippen molar-refractivity contribution in [2.75, 3.05) is 16.8 Å². The molecule has 1 aromatic carbocycles. The molecule has 2 amide bonds. The van der Waals surface area contributed by atoms with Gasteiger partial charge in [-0.05, 0) is 32.0 Å². The molecule has 1 aliphatic rings. The van der Waals surface area contributed by atoms with Crippen LogP contribution in [0.5, 0.6) is 0 Å². The third-order valence-corrected chi connectivity index (χ3v) is 4.60. The minimum absolute atomic E-state index is 0.00196. The molecule has 9 nitrogen and oxygen atoms in total. The summed E-state index contributed by atoms with van der Waals surface area (Å²) in [6, 6.07) is 11.2. The Labute approximate surface area is 161 Å². The van der Waals surface area contributed by atoms with E-state index in [1.807, 2.05) is 44.2 Å². The number of nitrogens with zero attached hydrogens (tertiary/aromatic N) is 5. The molecule has 0 bridgehead atoms. The zero-order valence-electron chi connectivity index (χ0n) is 15.6. The molecule has 0 aliphatic carbocycles. The van der Waals surface area contributed by atoms with Gasteiger partial charge in [0, 0.05) is 30.9 Å². The number of carbonyl (C=O) groups excluding carboxylic acids is 2. The van der Waals surface area contributed by atoms with Gasteiger partial charge in [-0.25, -0.2) is 0 Å². The van der Waals surface area contributed by atoms with Gasteiger partial charge in [-0.3, -0.25) is 19.6 Å². The van der Waals surface area contributed by atoms with Crippen molar-refractivity contribution in [1.82, 2.24) is 20.0 Å². The van der Waals surface area contributed by atoms with Gasteiger partial charge in [0.25, 0.3) is 5.89 Å². The third-order valence-electron chi connectivity index (χ3n) is 4.60. The van der Waals surface area contributed by atoms with Gasteiger partial charge in [0.1, 0.15) is 5.69 Å². The lowest BCUT2D eigenvalue weighted by Crippen LogP contribution is -2.28. The van der Waals surface area contributed by atoms with E-state index in [2.05, 4.69) is 20.6 Å². The average molecular weight is 380 g/mol. The molecule has 1 unspecified atom stereocenters. The van der Waals surface area contributed by atoms with E-state index in [0.29, 0.717) is 12.2 Å². The second kappa shape index (κ2) is 7.26. The molecule has 1 saturated heterocycles. The first-order valence-electron chi connectivity index (χ1n) is 9.06. The second-order valence-corrected chi connectivity index (χ2v) is 6.90. The summed E-state index contributed by atoms with van der Waals surface area (Å²) in [6.45, 7) is 4.30. The molecule has 0 spiro atoms. The molecule has 1 N–H and O–H groups in total. The van der Waals surface area contributed by atoms with Crippen LogP contribution in [-0.4, -0.2) is 38.3 Å². The molecule has 28 heavy (non-hydrogen) atoms. The van der Waals surface area contributed by atoms with Crippen LogP contribution >= 0.6 is 0 Å². The summed E-state index contributed by atoms with van der Waals surface area (Å²) in [5.74, 6) is -0.614. The molecule has 1 aliphatic heterocycles. The Hall–Kier alpha value is -3.49. The maximum Gasteiger partial charge on any atom is 0.322 e. The molecule has 0 radical (unpaired) electrons. The molecule has 1 atom stereocenters. The van der Waals surface area contributed by atoms with E-state index in [-0.39, 0.29) is 36.2 Å². The van der Waals surface area contributed by atoms with Crippen molar-refractivity contribution in [3.05, 3.63) is 42.6 Å². The van der Waals surface area contributed by atoms with Crippen LogP contribution in [-0.2, 0) is 9.59 Å².